The Labute approximate surface area is 124 Å². The van der Waals surface area contributed by atoms with Crippen LogP contribution >= 0.6 is 0 Å². The van der Waals surface area contributed by atoms with Crippen molar-refractivity contribution in [3.05, 3.63) is 35.4 Å². The van der Waals surface area contributed by atoms with Crippen LogP contribution in [0.2, 0.25) is 0 Å². The summed E-state index contributed by atoms with van der Waals surface area (Å²) < 4.78 is 36.9. The van der Waals surface area contributed by atoms with Gasteiger partial charge in [-0.3, -0.25) is 0 Å². The molecule has 116 valence electrons. The van der Waals surface area contributed by atoms with Gasteiger partial charge in [-0.1, -0.05) is 24.3 Å². The third kappa shape index (κ3) is 4.26. The first-order valence-corrected chi connectivity index (χ1v) is 8.41. The number of hydrogen-bond donors (Lipinski definition) is 1. The molecular formula is C14H19NO5S. The Hall–Kier alpha value is -1.44. The highest BCUT2D eigenvalue weighted by molar-refractivity contribution is 7.85. The molecule has 1 aromatic carbocycles. The third-order valence-electron chi connectivity index (χ3n) is 3.83. The van der Waals surface area contributed by atoms with E-state index in [4.69, 9.17) is 4.74 Å². The van der Waals surface area contributed by atoms with E-state index in [2.05, 4.69) is 0 Å². The van der Waals surface area contributed by atoms with E-state index in [1.165, 1.54) is 7.11 Å². The van der Waals surface area contributed by atoms with Crippen LogP contribution in [0.15, 0.2) is 24.3 Å². The number of hydrogen-bond acceptors (Lipinski definition) is 5. The summed E-state index contributed by atoms with van der Waals surface area (Å²) in [7, 11) is -2.86. The zero-order chi connectivity index (χ0) is 15.5. The van der Waals surface area contributed by atoms with Gasteiger partial charge in [-0.2, -0.15) is 0 Å². The summed E-state index contributed by atoms with van der Waals surface area (Å²) in [5.74, 6) is -0.698. The molecule has 2 rings (SSSR count). The minimum Gasteiger partial charge on any atom is -0.748 e. The molecular weight excluding hydrogens is 294 g/mol. The molecule has 1 N–H and O–H groups in total. The van der Waals surface area contributed by atoms with Gasteiger partial charge in [0.25, 0.3) is 0 Å². The van der Waals surface area contributed by atoms with E-state index in [-0.39, 0.29) is 18.4 Å². The molecule has 1 aliphatic heterocycles. The van der Waals surface area contributed by atoms with E-state index in [9.17, 15) is 17.8 Å². The molecule has 0 aromatic heterocycles. The largest absolute Gasteiger partial charge is 0.748 e. The van der Waals surface area contributed by atoms with E-state index in [0.717, 1.165) is 16.0 Å². The van der Waals surface area contributed by atoms with Crippen molar-refractivity contribution >= 4 is 16.1 Å². The monoisotopic (exact) mass is 313 g/mol. The lowest BCUT2D eigenvalue weighted by atomic mass is 9.94. The molecule has 6 nitrogen and oxygen atoms in total. The molecule has 0 bridgehead atoms. The number of rotatable bonds is 5. The van der Waals surface area contributed by atoms with Gasteiger partial charge in [-0.15, -0.1) is 0 Å². The van der Waals surface area contributed by atoms with Gasteiger partial charge < -0.3 is 14.2 Å². The molecule has 0 radical (unpaired) electrons. The maximum Gasteiger partial charge on any atom is 0.365 e. The Balaban J connectivity index is 2.11. The second-order valence-corrected chi connectivity index (χ2v) is 6.77. The van der Waals surface area contributed by atoms with E-state index in [0.29, 0.717) is 19.5 Å². The second kappa shape index (κ2) is 6.55. The fourth-order valence-corrected chi connectivity index (χ4v) is 3.29. The first-order chi connectivity index (χ1) is 9.90. The van der Waals surface area contributed by atoms with Crippen LogP contribution in [0.1, 0.15) is 17.5 Å². The summed E-state index contributed by atoms with van der Waals surface area (Å²) >= 11 is 0. The van der Waals surface area contributed by atoms with E-state index < -0.39 is 15.9 Å². The zero-order valence-corrected chi connectivity index (χ0v) is 12.7. The van der Waals surface area contributed by atoms with E-state index >= 15 is 0 Å². The molecule has 1 heterocycles. The lowest BCUT2D eigenvalue weighted by Gasteiger charge is -2.32. The predicted molar refractivity (Wildman–Crippen MR) is 74.7 cm³/mol. The van der Waals surface area contributed by atoms with Crippen LogP contribution in [0.5, 0.6) is 0 Å². The molecule has 0 fully saturated rings. The summed E-state index contributed by atoms with van der Waals surface area (Å²) in [6, 6.07) is 7.52. The average molecular weight is 313 g/mol. The first kappa shape index (κ1) is 15.9. The summed E-state index contributed by atoms with van der Waals surface area (Å²) in [5, 5.41) is 0. The first-order valence-electron chi connectivity index (χ1n) is 6.83. The summed E-state index contributed by atoms with van der Waals surface area (Å²) in [5.41, 5.74) is 2.27. The minimum atomic E-state index is -4.21. The van der Waals surface area contributed by atoms with Gasteiger partial charge in [0.2, 0.25) is 0 Å². The molecule has 1 aliphatic rings. The van der Waals surface area contributed by atoms with Crippen molar-refractivity contribution in [2.24, 2.45) is 0 Å². The van der Waals surface area contributed by atoms with Crippen molar-refractivity contribution in [3.63, 3.8) is 0 Å². The topological polar surface area (TPSA) is 87.9 Å². The van der Waals surface area contributed by atoms with Crippen molar-refractivity contribution in [1.82, 2.24) is 0 Å². The normalized spacial score (nSPS) is 21.6. The van der Waals surface area contributed by atoms with Gasteiger partial charge >= 0.3 is 5.97 Å². The highest BCUT2D eigenvalue weighted by atomic mass is 32.2. The standard InChI is InChI=1S/C14H19NO5S/c1-20-14(16)13-9-11-5-2-3-6-12(11)10-15(13)7-4-8-21(17,18)19/h2-3,5-6,13H,4,7-10H2,1H3,(H,17,18,19)/t13-/m1/s1. The maximum atomic E-state index is 11.9. The quantitative estimate of drug-likeness (QED) is 0.562. The Morgan fingerprint density at radius 1 is 1.38 bits per heavy atom. The molecule has 1 unspecified atom stereocenters. The summed E-state index contributed by atoms with van der Waals surface area (Å²) in [6.45, 7) is 1.09. The number of quaternary nitrogens is 1. The maximum absolute atomic E-state index is 11.9. The van der Waals surface area contributed by atoms with Crippen LogP contribution in [0.25, 0.3) is 0 Å². The van der Waals surface area contributed by atoms with Crippen LogP contribution in [-0.4, -0.2) is 44.4 Å². The molecule has 7 heteroatoms. The third-order valence-corrected chi connectivity index (χ3v) is 4.62. The average Bonchev–Trinajstić information content (AvgIpc) is 2.44. The molecule has 2 atom stereocenters. The number of nitrogens with one attached hydrogen (secondary N) is 1. The Bertz CT molecular complexity index is 614. The molecule has 1 aromatic rings. The second-order valence-electron chi connectivity index (χ2n) is 5.25. The lowest BCUT2D eigenvalue weighted by Crippen LogP contribution is -3.16. The van der Waals surface area contributed by atoms with Crippen LogP contribution in [0, 0.1) is 0 Å². The Morgan fingerprint density at radius 2 is 2.05 bits per heavy atom. The van der Waals surface area contributed by atoms with Crippen molar-refractivity contribution in [2.45, 2.75) is 25.4 Å². The smallest absolute Gasteiger partial charge is 0.365 e. The van der Waals surface area contributed by atoms with E-state index in [1.807, 2.05) is 24.3 Å². The highest BCUT2D eigenvalue weighted by Crippen LogP contribution is 2.14. The van der Waals surface area contributed by atoms with Gasteiger partial charge in [0, 0.05) is 24.2 Å². The SMILES string of the molecule is COC(=O)[C@H]1Cc2ccccc2C[NH+]1CCCS(=O)(=O)[O-]. The molecule has 0 saturated carbocycles. The van der Waals surface area contributed by atoms with Crippen LogP contribution < -0.4 is 4.90 Å². The molecule has 0 spiro atoms. The van der Waals surface area contributed by atoms with Crippen LogP contribution in [0.4, 0.5) is 0 Å². The fourth-order valence-electron chi connectivity index (χ4n) is 2.79. The lowest BCUT2D eigenvalue weighted by molar-refractivity contribution is -0.932. The number of carbonyl (C=O) groups is 1. The minimum absolute atomic E-state index is 0.247. The van der Waals surface area contributed by atoms with Gasteiger partial charge in [-0.25, -0.2) is 13.2 Å². The summed E-state index contributed by atoms with van der Waals surface area (Å²) in [4.78, 5) is 12.9. The van der Waals surface area contributed by atoms with Crippen LogP contribution in [0.3, 0.4) is 0 Å². The number of carbonyl (C=O) groups excluding carboxylic acids is 1. The Morgan fingerprint density at radius 3 is 2.67 bits per heavy atom. The Kier molecular flexibility index (Phi) is 4.97. The van der Waals surface area contributed by atoms with Crippen molar-refractivity contribution in [2.75, 3.05) is 19.4 Å². The van der Waals surface area contributed by atoms with Gasteiger partial charge in [0.1, 0.15) is 6.54 Å². The van der Waals surface area contributed by atoms with Crippen LogP contribution in [-0.2, 0) is 32.6 Å². The van der Waals surface area contributed by atoms with Crippen molar-refractivity contribution in [3.8, 4) is 0 Å². The zero-order valence-electron chi connectivity index (χ0n) is 11.9. The van der Waals surface area contributed by atoms with Gasteiger partial charge in [0.15, 0.2) is 6.04 Å². The predicted octanol–water partition coefficient (Wildman–Crippen LogP) is -0.895. The number of ether oxygens (including phenoxy) is 1. The molecule has 0 amide bonds. The number of methoxy groups -OCH3 is 1. The van der Waals surface area contributed by atoms with Gasteiger partial charge in [-0.05, 0) is 5.56 Å². The molecule has 0 saturated heterocycles. The fraction of sp³-hybridized carbons (Fsp3) is 0.500. The number of benzene rings is 1. The van der Waals surface area contributed by atoms with E-state index in [1.54, 1.807) is 0 Å². The van der Waals surface area contributed by atoms with Gasteiger partial charge in [0.05, 0.1) is 23.8 Å². The number of esters is 1. The summed E-state index contributed by atoms with van der Waals surface area (Å²) in [6.07, 6.45) is 0.819. The van der Waals surface area contributed by atoms with Crippen molar-refractivity contribution < 1.29 is 27.4 Å². The number of fused-ring (bicyclic) bond motifs is 1. The molecule has 0 aliphatic carbocycles. The van der Waals surface area contributed by atoms with Crippen molar-refractivity contribution in [1.29, 1.82) is 0 Å². The highest BCUT2D eigenvalue weighted by Gasteiger charge is 2.35. The molecule has 21 heavy (non-hydrogen) atoms.